The Morgan fingerprint density at radius 2 is 1.84 bits per heavy atom. The van der Waals surface area contributed by atoms with Crippen molar-refractivity contribution in [3.63, 3.8) is 0 Å². The van der Waals surface area contributed by atoms with Crippen LogP contribution in [0.15, 0.2) is 60.3 Å². The third-order valence-electron chi connectivity index (χ3n) is 13.8. The standard InChI is InChI=1S/C48H59F3N6O11S2/c1-6-37-40(56(45(61)62)31-12-9-19-65-25-31)43(59)57-36(42(58)54-47(23-30(47)11-8-7-10-28(4)67-37)44(60)55-70(63,64)46(5)17-18-46)22-38(41(57)48(49,50)51)68-33-20-34(53-35(21-33)39-24-52-26-69-39)29-13-15-32(16-14-29)66-27(2)3/h8,11,13-16,20-21,24,26-28,30-31,36-38,40-41H,6-7,9-10,12,17-19,22-23,25H2,1-5H3,(H,54,58)(H,55,60)(H,61,62)/b11-8-/t28-,30-,31?,36+,37+,38-,40+,41?,47-/m1/s1. The van der Waals surface area contributed by atoms with Crippen molar-refractivity contribution in [3.05, 3.63) is 60.3 Å². The number of alkyl halides is 3. The summed E-state index contributed by atoms with van der Waals surface area (Å²) >= 11 is 1.23. The predicted molar refractivity (Wildman–Crippen MR) is 250 cm³/mol. The van der Waals surface area contributed by atoms with E-state index in [1.54, 1.807) is 55.8 Å². The van der Waals surface area contributed by atoms with Gasteiger partial charge in [-0.05, 0) is 103 Å². The van der Waals surface area contributed by atoms with Crippen molar-refractivity contribution < 1.29 is 64.8 Å². The lowest BCUT2D eigenvalue weighted by molar-refractivity contribution is -0.202. The van der Waals surface area contributed by atoms with Crippen LogP contribution in [0.25, 0.3) is 21.8 Å². The van der Waals surface area contributed by atoms with Crippen molar-refractivity contribution in [1.82, 2.24) is 29.8 Å². The molecular formula is C48H59F3N6O11S2. The first-order valence-electron chi connectivity index (χ1n) is 23.7. The molecule has 3 N–H and O–H groups in total. The number of ether oxygens (including phenoxy) is 4. The summed E-state index contributed by atoms with van der Waals surface area (Å²) in [5.41, 5.74) is 0.815. The number of fused-ring (bicyclic) bond motifs is 2. The molecule has 1 aromatic carbocycles. The summed E-state index contributed by atoms with van der Waals surface area (Å²) in [5, 5.41) is 13.5. The second-order valence-electron chi connectivity index (χ2n) is 19.3. The summed E-state index contributed by atoms with van der Waals surface area (Å²) in [6.45, 7) is 8.72. The number of rotatable bonds is 12. The lowest BCUT2D eigenvalue weighted by Crippen LogP contribution is -2.66. The SMILES string of the molecule is CC[C@@H]1O[C@H](C)CC/C=C\[C@@H]2C[C@@]2(C(=O)NS(=O)(=O)C2(C)CC2)NC(=O)[C@@H]2C[C@@H](Oc3cc(-c4ccc(OC(C)C)cc4)nc(-c4cncs4)c3)C(C(F)(F)F)N2C(=O)[C@H]1N(C(=O)O)C1CCCOC1. The van der Waals surface area contributed by atoms with Crippen molar-refractivity contribution in [2.24, 2.45) is 5.92 Å². The first-order valence-corrected chi connectivity index (χ1v) is 26.0. The van der Waals surface area contributed by atoms with Crippen LogP contribution in [0.4, 0.5) is 18.0 Å². The molecule has 3 aromatic rings. The zero-order chi connectivity index (χ0) is 50.3. The Bertz CT molecular complexity index is 2560. The molecule has 4 amide bonds. The van der Waals surface area contributed by atoms with Gasteiger partial charge in [0.25, 0.3) is 5.91 Å². The molecule has 70 heavy (non-hydrogen) atoms. The Morgan fingerprint density at radius 1 is 1.11 bits per heavy atom. The number of hydrogen-bond acceptors (Lipinski definition) is 13. The molecular weight excluding hydrogens is 958 g/mol. The largest absolute Gasteiger partial charge is 0.491 e. The molecule has 8 rings (SSSR count). The molecule has 5 heterocycles. The number of carbonyl (C=O) groups excluding carboxylic acids is 3. The number of allylic oxidation sites excluding steroid dienone is 1. The van der Waals surface area contributed by atoms with Gasteiger partial charge in [-0.15, -0.1) is 11.3 Å². The molecule has 22 heteroatoms. The molecule has 0 bridgehead atoms. The number of nitrogens with zero attached hydrogens (tertiary/aromatic N) is 4. The maximum atomic E-state index is 16.2. The van der Waals surface area contributed by atoms with E-state index in [-0.39, 0.29) is 37.7 Å². The summed E-state index contributed by atoms with van der Waals surface area (Å²) < 4.78 is 101. The predicted octanol–water partition coefficient (Wildman–Crippen LogP) is 6.87. The number of benzene rings is 1. The van der Waals surface area contributed by atoms with Crippen LogP contribution in [0.5, 0.6) is 11.5 Å². The third kappa shape index (κ3) is 10.6. The van der Waals surface area contributed by atoms with Gasteiger partial charge in [0.05, 0.1) is 57.5 Å². The smallest absolute Gasteiger partial charge is 0.412 e. The van der Waals surface area contributed by atoms with Crippen LogP contribution in [0.2, 0.25) is 0 Å². The minimum Gasteiger partial charge on any atom is -0.491 e. The summed E-state index contributed by atoms with van der Waals surface area (Å²) in [6.07, 6.45) is -5.04. The van der Waals surface area contributed by atoms with Crippen molar-refractivity contribution in [3.8, 4) is 33.3 Å². The average Bonchev–Trinajstić information content (AvgIpc) is 4.07. The van der Waals surface area contributed by atoms with Crippen LogP contribution in [0, 0.1) is 5.92 Å². The molecule has 9 atom stereocenters. The summed E-state index contributed by atoms with van der Waals surface area (Å²) in [7, 11) is -4.24. The highest BCUT2D eigenvalue weighted by molar-refractivity contribution is 7.91. The maximum Gasteiger partial charge on any atom is 0.412 e. The molecule has 2 unspecified atom stereocenters. The monoisotopic (exact) mass is 1020 g/mol. The Kier molecular flexibility index (Phi) is 14.6. The van der Waals surface area contributed by atoms with E-state index in [1.165, 1.54) is 36.6 Å². The first-order chi connectivity index (χ1) is 33.1. The van der Waals surface area contributed by atoms with E-state index in [2.05, 4.69) is 15.0 Å². The molecule has 380 valence electrons. The second-order valence-corrected chi connectivity index (χ2v) is 22.4. The van der Waals surface area contributed by atoms with Gasteiger partial charge in [-0.3, -0.25) is 29.0 Å². The van der Waals surface area contributed by atoms with Gasteiger partial charge in [-0.1, -0.05) is 19.1 Å². The number of aromatic nitrogens is 2. The minimum atomic E-state index is -5.31. The van der Waals surface area contributed by atoms with Crippen molar-refractivity contribution >= 4 is 45.2 Å². The van der Waals surface area contributed by atoms with Crippen molar-refractivity contribution in [2.75, 3.05) is 13.2 Å². The van der Waals surface area contributed by atoms with Crippen LogP contribution >= 0.6 is 11.3 Å². The van der Waals surface area contributed by atoms with Crippen molar-refractivity contribution in [2.45, 2.75) is 157 Å². The Labute approximate surface area is 408 Å². The molecule has 0 spiro atoms. The topological polar surface area (TPSA) is 216 Å². The van der Waals surface area contributed by atoms with E-state index in [0.717, 1.165) is 4.90 Å². The fourth-order valence-corrected chi connectivity index (χ4v) is 11.5. The van der Waals surface area contributed by atoms with E-state index in [1.807, 2.05) is 13.8 Å². The maximum absolute atomic E-state index is 16.2. The molecule has 2 saturated carbocycles. The van der Waals surface area contributed by atoms with Crippen molar-refractivity contribution in [1.29, 1.82) is 0 Å². The number of amides is 4. The van der Waals surface area contributed by atoms with Gasteiger partial charge >= 0.3 is 12.3 Å². The van der Waals surface area contributed by atoms with Crippen LogP contribution in [0.1, 0.15) is 92.4 Å². The minimum absolute atomic E-state index is 0.0151. The highest BCUT2D eigenvalue weighted by atomic mass is 32.2. The molecule has 2 aliphatic carbocycles. The number of thiazole rings is 1. The summed E-state index contributed by atoms with van der Waals surface area (Å²) in [6, 6.07) is 2.00. The number of carbonyl (C=O) groups is 4. The molecule has 4 fully saturated rings. The Balaban J connectivity index is 1.25. The lowest BCUT2D eigenvalue weighted by atomic mass is 9.99. The van der Waals surface area contributed by atoms with Crippen LogP contribution in [-0.4, -0.2) is 135 Å². The lowest BCUT2D eigenvalue weighted by Gasteiger charge is -2.44. The first kappa shape index (κ1) is 51.0. The number of hydrogen-bond donors (Lipinski definition) is 3. The summed E-state index contributed by atoms with van der Waals surface area (Å²) in [5.74, 6) is -3.92. The van der Waals surface area contributed by atoms with Crippen LogP contribution in [-0.2, 0) is 33.9 Å². The van der Waals surface area contributed by atoms with Gasteiger partial charge < -0.3 is 34.3 Å². The molecule has 2 saturated heterocycles. The fraction of sp³-hybridized carbons (Fsp3) is 0.583. The number of nitrogens with one attached hydrogen (secondary N) is 2. The quantitative estimate of drug-likeness (QED) is 0.158. The number of pyridine rings is 1. The molecule has 2 aromatic heterocycles. The zero-order valence-electron chi connectivity index (χ0n) is 39.5. The molecule has 17 nitrogen and oxygen atoms in total. The number of carboxylic acid groups (broad SMARTS) is 1. The van der Waals surface area contributed by atoms with Gasteiger partial charge in [-0.2, -0.15) is 13.2 Å². The zero-order valence-corrected chi connectivity index (χ0v) is 41.1. The normalized spacial score (nSPS) is 29.6. The Morgan fingerprint density at radius 3 is 2.46 bits per heavy atom. The van der Waals surface area contributed by atoms with Crippen LogP contribution < -0.4 is 19.5 Å². The van der Waals surface area contributed by atoms with Gasteiger partial charge in [0.1, 0.15) is 35.2 Å². The van der Waals surface area contributed by atoms with Gasteiger partial charge in [0.15, 0.2) is 6.04 Å². The van der Waals surface area contributed by atoms with Crippen LogP contribution in [0.3, 0.4) is 0 Å². The van der Waals surface area contributed by atoms with E-state index in [9.17, 15) is 23.1 Å². The Hall–Kier alpha value is -5.32. The fourth-order valence-electron chi connectivity index (χ4n) is 9.65. The van der Waals surface area contributed by atoms with E-state index < -0.39 is 105 Å². The highest BCUT2D eigenvalue weighted by Crippen LogP contribution is 2.49. The van der Waals surface area contributed by atoms with E-state index in [0.29, 0.717) is 71.2 Å². The number of sulfonamides is 1. The highest BCUT2D eigenvalue weighted by Gasteiger charge is 2.66. The molecule has 3 aliphatic heterocycles. The van der Waals surface area contributed by atoms with Gasteiger partial charge in [-0.25, -0.2) is 18.2 Å². The third-order valence-corrected chi connectivity index (χ3v) is 16.8. The average molecular weight is 1020 g/mol. The van der Waals surface area contributed by atoms with E-state index >= 15 is 22.8 Å². The summed E-state index contributed by atoms with van der Waals surface area (Å²) in [4.78, 5) is 69.0. The number of halogens is 3. The van der Waals surface area contributed by atoms with Gasteiger partial charge in [0, 0.05) is 42.8 Å². The van der Waals surface area contributed by atoms with E-state index in [4.69, 9.17) is 23.9 Å². The second kappa shape index (κ2) is 20.1. The molecule has 0 radical (unpaired) electrons. The van der Waals surface area contributed by atoms with Gasteiger partial charge in [0.2, 0.25) is 21.8 Å². The molecule has 5 aliphatic rings.